The highest BCUT2D eigenvalue weighted by Gasteiger charge is 2.89. The maximum absolute atomic E-state index is 14.0. The van der Waals surface area contributed by atoms with Gasteiger partial charge in [-0.1, -0.05) is 64.6 Å². The summed E-state index contributed by atoms with van der Waals surface area (Å²) in [5.41, 5.74) is -5.91. The lowest BCUT2D eigenvalue weighted by Crippen LogP contribution is -2.85. The fourth-order valence-corrected chi connectivity index (χ4v) is 16.4. The van der Waals surface area contributed by atoms with Gasteiger partial charge in [-0.25, -0.2) is 4.79 Å². The maximum atomic E-state index is 14.0. The Kier molecular flexibility index (Phi) is 8.62. The van der Waals surface area contributed by atoms with Crippen LogP contribution in [0.5, 0.6) is 0 Å². The Hall–Kier alpha value is -3.14. The number of aliphatic hydroxyl groups excluding tert-OH is 3. The van der Waals surface area contributed by atoms with Crippen LogP contribution in [0.1, 0.15) is 89.4 Å². The molecule has 4 spiro atoms. The molecule has 8 aliphatic carbocycles. The second-order valence-corrected chi connectivity index (χ2v) is 21.8. The van der Waals surface area contributed by atoms with Gasteiger partial charge in [-0.05, 0) is 84.5 Å². The van der Waals surface area contributed by atoms with Crippen LogP contribution in [-0.2, 0) is 33.4 Å². The number of benzene rings is 1. The highest BCUT2D eigenvalue weighted by molar-refractivity contribution is 6.33. The van der Waals surface area contributed by atoms with E-state index in [1.807, 2.05) is 27.7 Å². The molecule has 1 aromatic rings. The van der Waals surface area contributed by atoms with Crippen LogP contribution in [0.25, 0.3) is 0 Å². The molecule has 0 amide bonds. The summed E-state index contributed by atoms with van der Waals surface area (Å²) in [7, 11) is 0. The maximum Gasteiger partial charge on any atom is 0.339 e. The fraction of sp³-hybridized carbons (Fsp3) is 0.681. The first-order valence-corrected chi connectivity index (χ1v) is 22.1. The van der Waals surface area contributed by atoms with Gasteiger partial charge in [0.2, 0.25) is 11.6 Å². The number of Topliss-reactive ketones (excluding diaryl/α,β-unsaturated/α-hetero) is 4. The number of rotatable bonds is 2. The van der Waals surface area contributed by atoms with E-state index in [1.54, 1.807) is 18.2 Å². The van der Waals surface area contributed by atoms with Crippen molar-refractivity contribution in [3.63, 3.8) is 0 Å². The average molecular weight is 863 g/mol. The van der Waals surface area contributed by atoms with E-state index in [2.05, 4.69) is 13.2 Å². The molecule has 0 unspecified atom stereocenters. The summed E-state index contributed by atoms with van der Waals surface area (Å²) in [4.78, 5) is 67.6. The van der Waals surface area contributed by atoms with Crippen molar-refractivity contribution in [2.75, 3.05) is 13.2 Å². The Morgan fingerprint density at radius 3 is 1.70 bits per heavy atom. The van der Waals surface area contributed by atoms with Gasteiger partial charge >= 0.3 is 5.97 Å². The highest BCUT2D eigenvalue weighted by atomic mass is 35.5. The third-order valence-corrected chi connectivity index (χ3v) is 18.9. The van der Waals surface area contributed by atoms with E-state index < -0.39 is 116 Å². The quantitative estimate of drug-likeness (QED) is 0.212. The molecule has 328 valence electrons. The van der Waals surface area contributed by atoms with Gasteiger partial charge in [-0.2, -0.15) is 0 Å². The van der Waals surface area contributed by atoms with E-state index in [4.69, 9.17) is 25.8 Å². The standard InChI is InChI=1S/C27H29ClO7.C20H26O6/c1-13-14-8-9-17-25-12-34-27(33,21(31)19(25)24(2,3)11-10-18(25)29)26(17,20(13)30)22(14)35-23(32)15-6-4-5-7-16(15)28;1-9-10-4-5-11-18-8-26-20(25,19(11,14(9)22)15(10)23)16(24)13(18)17(2,3)7-6-12(18)21/h4-7,14,17,19,21-22,31,33H,1,8-12H2,2-3H3;10-11,13,15-16,23-25H,1,4-8H2,2-3H3/t14-,17-,19+,21-,22+,25+,26-,27-;10-,11-,13+,15+,16-,18+,19-,20-/m00/s1. The number of fused-ring (bicyclic) bond motifs is 4. The summed E-state index contributed by atoms with van der Waals surface area (Å²) in [6, 6.07) is 6.43. The predicted octanol–water partition coefficient (Wildman–Crippen LogP) is 3.69. The summed E-state index contributed by atoms with van der Waals surface area (Å²) in [6.45, 7) is 15.8. The summed E-state index contributed by atoms with van der Waals surface area (Å²) in [5, 5.41) is 58.0. The second-order valence-electron chi connectivity index (χ2n) is 21.4. The molecule has 13 rings (SSSR count). The third kappa shape index (κ3) is 4.37. The molecule has 8 saturated carbocycles. The number of hydrogen-bond acceptors (Lipinski definition) is 13. The van der Waals surface area contributed by atoms with Gasteiger partial charge in [0.05, 0.1) is 40.7 Å². The number of carbonyl (C=O) groups excluding carboxylic acids is 5. The van der Waals surface area contributed by atoms with Gasteiger partial charge < -0.3 is 39.7 Å². The molecule has 1 aromatic carbocycles. The Labute approximate surface area is 358 Å². The van der Waals surface area contributed by atoms with Crippen LogP contribution in [0, 0.1) is 68.0 Å². The van der Waals surface area contributed by atoms with Crippen LogP contribution in [0.15, 0.2) is 48.6 Å². The van der Waals surface area contributed by atoms with Gasteiger partial charge in [0.1, 0.15) is 40.7 Å². The largest absolute Gasteiger partial charge is 0.457 e. The molecule has 5 N–H and O–H groups in total. The average Bonchev–Trinajstić information content (AvgIpc) is 3.38. The lowest BCUT2D eigenvalue weighted by Gasteiger charge is -2.72. The summed E-state index contributed by atoms with van der Waals surface area (Å²) in [6.07, 6.45) is -1.34. The van der Waals surface area contributed by atoms with Crippen LogP contribution in [-0.4, -0.2) is 104 Å². The summed E-state index contributed by atoms with van der Waals surface area (Å²) < 4.78 is 17.7. The zero-order chi connectivity index (χ0) is 44.0. The zero-order valence-electron chi connectivity index (χ0n) is 34.9. The number of esters is 1. The Morgan fingerprint density at radius 2 is 1.16 bits per heavy atom. The van der Waals surface area contributed by atoms with Crippen molar-refractivity contribution < 1.29 is 63.7 Å². The minimum atomic E-state index is -2.32. The minimum absolute atomic E-state index is 0.00293. The second kappa shape index (κ2) is 12.6. The third-order valence-electron chi connectivity index (χ3n) is 18.6. The molecule has 12 aliphatic rings. The van der Waals surface area contributed by atoms with Crippen LogP contribution < -0.4 is 0 Å². The Bertz CT molecular complexity index is 2250. The number of ketones is 4. The van der Waals surface area contributed by atoms with Crippen molar-refractivity contribution in [3.8, 4) is 0 Å². The van der Waals surface area contributed by atoms with Gasteiger partial charge in [-0.15, -0.1) is 0 Å². The van der Waals surface area contributed by atoms with Crippen molar-refractivity contribution in [2.24, 2.45) is 68.0 Å². The first-order chi connectivity index (χ1) is 28.5. The molecule has 4 aliphatic heterocycles. The number of halogens is 1. The van der Waals surface area contributed by atoms with Crippen molar-refractivity contribution in [2.45, 2.75) is 115 Å². The smallest absolute Gasteiger partial charge is 0.339 e. The summed E-state index contributed by atoms with van der Waals surface area (Å²) in [5.74, 6) is -9.52. The van der Waals surface area contributed by atoms with Crippen LogP contribution in [0.2, 0.25) is 5.02 Å². The number of hydrogen-bond donors (Lipinski definition) is 5. The molecule has 16 atom stereocenters. The van der Waals surface area contributed by atoms with Crippen LogP contribution >= 0.6 is 11.6 Å². The van der Waals surface area contributed by atoms with E-state index in [9.17, 15) is 49.5 Å². The van der Waals surface area contributed by atoms with E-state index in [1.165, 1.54) is 6.07 Å². The first kappa shape index (κ1) is 41.8. The molecule has 4 saturated heterocycles. The van der Waals surface area contributed by atoms with E-state index >= 15 is 0 Å². The van der Waals surface area contributed by atoms with Crippen molar-refractivity contribution in [1.29, 1.82) is 0 Å². The number of aliphatic hydroxyl groups is 5. The Balaban J connectivity index is 0.000000152. The van der Waals surface area contributed by atoms with Crippen LogP contribution in [0.3, 0.4) is 0 Å². The monoisotopic (exact) mass is 862 g/mol. The molecule has 0 radical (unpaired) electrons. The van der Waals surface area contributed by atoms with E-state index in [0.717, 1.165) is 0 Å². The van der Waals surface area contributed by atoms with Crippen LogP contribution in [0.4, 0.5) is 0 Å². The molecule has 0 aromatic heterocycles. The van der Waals surface area contributed by atoms with E-state index in [-0.39, 0.29) is 51.9 Å². The molecular formula is C47H55ClO13. The van der Waals surface area contributed by atoms with Gasteiger partial charge in [0, 0.05) is 36.5 Å². The number of carbonyl (C=O) groups is 5. The molecule has 14 heteroatoms. The summed E-state index contributed by atoms with van der Waals surface area (Å²) >= 11 is 6.23. The van der Waals surface area contributed by atoms with Crippen molar-refractivity contribution in [3.05, 3.63) is 59.2 Å². The van der Waals surface area contributed by atoms with Crippen molar-refractivity contribution in [1.82, 2.24) is 0 Å². The minimum Gasteiger partial charge on any atom is -0.457 e. The highest BCUT2D eigenvalue weighted by Crippen LogP contribution is 2.78. The molecule has 13 nitrogen and oxygen atoms in total. The Morgan fingerprint density at radius 1 is 0.705 bits per heavy atom. The molecular weight excluding hydrogens is 808 g/mol. The molecule has 12 fully saturated rings. The SMILES string of the molecule is C=C1C(=O)[C@]23[C@H](O)[C@H]1CC[C@H]2[C@@]12CO[C@@]3(O)[C@@H](O)[C@@H]1C(C)(C)CCC2=O.C=C1C(=O)[C@]23[C@H](OC(=O)c4ccccc4Cl)[C@H]1CC[C@H]2[C@@]12CO[C@@]3(O)[C@@H](O)[C@@H]1C(C)(C)CCC2=O. The zero-order valence-corrected chi connectivity index (χ0v) is 35.7. The topological polar surface area (TPSA) is 214 Å². The molecule has 4 heterocycles. The molecule has 8 bridgehead atoms. The molecule has 61 heavy (non-hydrogen) atoms. The fourth-order valence-electron chi connectivity index (χ4n) is 16.2. The van der Waals surface area contributed by atoms with Gasteiger partial charge in [-0.3, -0.25) is 19.2 Å². The van der Waals surface area contributed by atoms with Gasteiger partial charge in [0.25, 0.3) is 0 Å². The van der Waals surface area contributed by atoms with Crippen molar-refractivity contribution >= 4 is 40.7 Å². The van der Waals surface area contributed by atoms with E-state index in [0.29, 0.717) is 51.4 Å². The van der Waals surface area contributed by atoms with Gasteiger partial charge in [0.15, 0.2) is 11.6 Å². The first-order valence-electron chi connectivity index (χ1n) is 21.8. The normalized spacial score (nSPS) is 50.3. The lowest BCUT2D eigenvalue weighted by molar-refractivity contribution is -0.437. The lowest BCUT2D eigenvalue weighted by atomic mass is 9.36. The number of ether oxygens (including phenoxy) is 3. The predicted molar refractivity (Wildman–Crippen MR) is 214 cm³/mol.